The maximum Gasteiger partial charge on any atom is 0.305 e. The molecule has 2 aliphatic heterocycles. The molecule has 2 bridgehead atoms. The molecular formula is C92H112ClN15O19S2. The second-order valence-electron chi connectivity index (χ2n) is 33.0. The van der Waals surface area contributed by atoms with E-state index in [1.54, 1.807) is 130 Å². The minimum absolute atomic E-state index is 0.0198. The molecule has 2 aliphatic rings. The van der Waals surface area contributed by atoms with Crippen molar-refractivity contribution < 1.29 is 92.0 Å². The van der Waals surface area contributed by atoms with Crippen molar-refractivity contribution in [1.82, 2.24) is 67.5 Å². The molecule has 0 aliphatic carbocycles. The quantitative estimate of drug-likeness (QED) is 0.0489. The van der Waals surface area contributed by atoms with Gasteiger partial charge in [-0.25, -0.2) is 0 Å². The first-order valence-electron chi connectivity index (χ1n) is 42.4. The van der Waals surface area contributed by atoms with Crippen LogP contribution in [0.5, 0.6) is 11.5 Å². The number of aromatic hydroxyl groups is 2. The summed E-state index contributed by atoms with van der Waals surface area (Å²) in [5.74, 6) is -17.8. The average Bonchev–Trinajstić information content (AvgIpc) is 1.23. The second kappa shape index (κ2) is 47.2. The molecule has 3 heterocycles. The number of anilines is 1. The maximum atomic E-state index is 15.5. The molecule has 9 rings (SSSR count). The van der Waals surface area contributed by atoms with Gasteiger partial charge in [-0.15, -0.1) is 23.1 Å². The lowest BCUT2D eigenvalue weighted by molar-refractivity contribution is -0.151. The molecule has 15 amide bonds. The first kappa shape index (κ1) is 99.8. The minimum Gasteiger partial charge on any atom is -0.508 e. The van der Waals surface area contributed by atoms with Gasteiger partial charge < -0.3 is 93.4 Å². The molecule has 1 saturated heterocycles. The number of halogens is 1. The zero-order chi connectivity index (χ0) is 94.0. The van der Waals surface area contributed by atoms with Crippen LogP contribution in [0.3, 0.4) is 0 Å². The van der Waals surface area contributed by atoms with Gasteiger partial charge in [0.15, 0.2) is 0 Å². The minimum atomic E-state index is -1.91. The van der Waals surface area contributed by atoms with Crippen molar-refractivity contribution >= 4 is 145 Å². The molecule has 37 heteroatoms. The molecule has 0 spiro atoms. The zero-order valence-electron chi connectivity index (χ0n) is 73.2. The number of nitrogens with two attached hydrogens (primary N) is 1. The number of carboxylic acids is 1. The molecular weight excluding hydrogens is 1720 g/mol. The van der Waals surface area contributed by atoms with Crippen LogP contribution < -0.4 is 58.5 Å². The lowest BCUT2D eigenvalue weighted by Gasteiger charge is -2.37. The van der Waals surface area contributed by atoms with E-state index in [9.17, 15) is 48.9 Å². The number of phenolic OH excluding ortho intramolecular Hbond substituents is 2. The lowest BCUT2D eigenvalue weighted by Crippen LogP contribution is -2.62. The van der Waals surface area contributed by atoms with Crippen LogP contribution in [0, 0.1) is 11.8 Å². The number of benzene rings is 6. The van der Waals surface area contributed by atoms with Crippen molar-refractivity contribution in [3.8, 4) is 11.5 Å². The summed E-state index contributed by atoms with van der Waals surface area (Å²) in [5, 5.41) is 58.4. The van der Waals surface area contributed by atoms with E-state index in [1.807, 2.05) is 19.1 Å². The fourth-order valence-corrected chi connectivity index (χ4v) is 17.3. The van der Waals surface area contributed by atoms with E-state index in [-0.39, 0.29) is 79.5 Å². The smallest absolute Gasteiger partial charge is 0.305 e. The Bertz CT molecular complexity index is 5220. The summed E-state index contributed by atoms with van der Waals surface area (Å²) in [6, 6.07) is 23.5. The molecule has 129 heavy (non-hydrogen) atoms. The first-order chi connectivity index (χ1) is 61.4. The highest BCUT2D eigenvalue weighted by molar-refractivity contribution is 8.00. The Hall–Kier alpha value is -13.0. The van der Waals surface area contributed by atoms with E-state index in [1.165, 1.54) is 82.0 Å². The van der Waals surface area contributed by atoms with Crippen LogP contribution in [0.25, 0.3) is 10.1 Å². The summed E-state index contributed by atoms with van der Waals surface area (Å²) in [6.07, 6.45) is -1.59. The summed E-state index contributed by atoms with van der Waals surface area (Å²) < 4.78 is 0.809. The largest absolute Gasteiger partial charge is 0.508 e. The lowest BCUT2D eigenvalue weighted by atomic mass is 9.95. The number of unbranched alkanes of at least 4 members (excludes halogenated alkanes) is 1. The van der Waals surface area contributed by atoms with E-state index < -0.39 is 205 Å². The molecule has 0 radical (unpaired) electrons. The van der Waals surface area contributed by atoms with Crippen LogP contribution in [-0.2, 0) is 115 Å². The number of aliphatic carboxylic acids is 1. The zero-order valence-corrected chi connectivity index (χ0v) is 75.6. The molecule has 0 unspecified atom stereocenters. The van der Waals surface area contributed by atoms with Gasteiger partial charge in [0.1, 0.15) is 84.5 Å². The van der Waals surface area contributed by atoms with Gasteiger partial charge in [-0.05, 0) is 105 Å². The van der Waals surface area contributed by atoms with E-state index in [0.29, 0.717) is 51.6 Å². The molecule has 34 nitrogen and oxygen atoms in total. The summed E-state index contributed by atoms with van der Waals surface area (Å²) >= 11 is 8.65. The SMILES string of the molecule is CCCC[C@H]1C(=O)N(C)CC(=O)N[C@@H](CC(=O)O)C(=O)N[C@@H](C(C)C)C(=O)N(C)[C@@H](Cc2ccccc2)C(=O)N[C@H]2Cc3ccc(O)cc3N(CC(=O)N[C@@H](Cc3csc4ccccc34)C(=O)N[C@@H](Cc3ccc(O)cc3)C(=O)N[C@@H](CC(C)C)C(=O)N[C@H](C(=O)NCC(N)=O)CSCC(=O)N[C@@H](Cc3cccc(Cl)c3)C(=O)N(C)[C@@H](Cc3ccccc3)C(=O)N1C)C2=O. The Labute approximate surface area is 760 Å². The van der Waals surface area contributed by atoms with Gasteiger partial charge in [0.05, 0.1) is 31.0 Å². The monoisotopic (exact) mass is 1830 g/mol. The fourth-order valence-electron chi connectivity index (χ4n) is 15.3. The van der Waals surface area contributed by atoms with Gasteiger partial charge in [0.25, 0.3) is 0 Å². The average molecular weight is 1830 g/mol. The van der Waals surface area contributed by atoms with E-state index in [4.69, 9.17) is 17.3 Å². The molecule has 688 valence electrons. The van der Waals surface area contributed by atoms with Crippen LogP contribution in [0.2, 0.25) is 5.02 Å². The Balaban J connectivity index is 1.12. The third kappa shape index (κ3) is 28.5. The number of thiophene rings is 1. The number of phenols is 2. The molecule has 7 aromatic rings. The van der Waals surface area contributed by atoms with Crippen LogP contribution in [0.1, 0.15) is 100 Å². The number of rotatable bonds is 21. The number of hydrogen-bond acceptors (Lipinski definition) is 20. The van der Waals surface area contributed by atoms with Crippen molar-refractivity contribution in [3.63, 3.8) is 0 Å². The van der Waals surface area contributed by atoms with Gasteiger partial charge in [-0.3, -0.25) is 76.7 Å². The number of carbonyl (C=O) groups excluding carboxylic acids is 15. The van der Waals surface area contributed by atoms with E-state index >= 15 is 43.2 Å². The van der Waals surface area contributed by atoms with E-state index in [0.717, 1.165) is 41.0 Å². The Kier molecular flexibility index (Phi) is 36.5. The Morgan fingerprint density at radius 3 is 1.72 bits per heavy atom. The summed E-state index contributed by atoms with van der Waals surface area (Å²) in [7, 11) is 5.25. The number of fused-ring (bicyclic) bond motifs is 5. The second-order valence-corrected chi connectivity index (χ2v) is 35.4. The van der Waals surface area contributed by atoms with Gasteiger partial charge in [0, 0.05) is 88.3 Å². The molecule has 6 aromatic carbocycles. The molecule has 1 aromatic heterocycles. The van der Waals surface area contributed by atoms with E-state index in [2.05, 4.69) is 47.9 Å². The summed E-state index contributed by atoms with van der Waals surface area (Å²) in [4.78, 5) is 241. The van der Waals surface area contributed by atoms with Gasteiger partial charge in [-0.2, -0.15) is 0 Å². The van der Waals surface area contributed by atoms with Gasteiger partial charge >= 0.3 is 5.97 Å². The number of thioether (sulfide) groups is 1. The van der Waals surface area contributed by atoms with Gasteiger partial charge in [0.2, 0.25) is 88.6 Å². The Morgan fingerprint density at radius 1 is 0.527 bits per heavy atom. The maximum absolute atomic E-state index is 15.5. The van der Waals surface area contributed by atoms with Crippen LogP contribution in [-0.4, -0.2) is 255 Å². The van der Waals surface area contributed by atoms with Gasteiger partial charge in [-0.1, -0.05) is 168 Å². The third-order valence-corrected chi connectivity index (χ3v) is 24.5. The standard InChI is InChI=1S/C92H112ClN15O19S2/c1-10-11-28-71-90(125)104(6)47-77(112)97-67(45-80(115)116)86(121)103-81(53(4)5)92(127)106(8)73(40-54-21-14-12-15-22-54)87(122)101-69-42-58-32-35-62(110)44-72(58)108(89(69)124)48-78(113)96-66(43-59-49-129-75-29-19-18-27-63(59)75)85(120)100-65(38-56-30-33-61(109)34-31-56)84(119)99-64(36-52(2)3)83(118)102-70(82(117)95-46-76(94)111)50-128-51-79(114)98-68(39-57-25-20-26-60(93)37-57)88(123)107(9)74(91(126)105(71)7)41-55-23-16-13-17-24-55/h12-27,29-35,37,44,49,52-53,64-71,73-74,81,109-110H,10-11,28,36,38-43,45-48,50-51H2,1-9H3,(H2,94,111)(H,95,117)(H,96,113)(H,97,112)(H,98,114)(H,99,119)(H,100,120)(H,101,122)(H,102,118)(H,103,121)(H,115,116)/t64-,65-,66-,67-,68-,69-,70-,71-,73-,74-,81-/m0/s1. The molecule has 1 fully saturated rings. The normalized spacial score (nSPS) is 22.2. The fraction of sp³-hybridized carbons (Fsp3) is 0.413. The third-order valence-electron chi connectivity index (χ3n) is 22.2. The van der Waals surface area contributed by atoms with Crippen molar-refractivity contribution in [2.45, 2.75) is 172 Å². The van der Waals surface area contributed by atoms with Crippen molar-refractivity contribution in [3.05, 3.63) is 195 Å². The number of likely N-dealkylation sites (N-methyl/N-ethyl adjacent to an activating group) is 4. The number of carbonyl (C=O) groups is 16. The number of carboxylic acid groups (broad SMARTS) is 1. The number of hydrogen-bond donors (Lipinski definition) is 13. The highest BCUT2D eigenvalue weighted by atomic mass is 35.5. The topological polar surface area (TPSA) is 484 Å². The van der Waals surface area contributed by atoms with Crippen molar-refractivity contribution in [2.75, 3.05) is 64.2 Å². The summed E-state index contributed by atoms with van der Waals surface area (Å²) in [6.45, 7) is 6.07. The number of nitrogens with zero attached hydrogens (tertiary/aromatic N) is 5. The molecule has 14 N–H and O–H groups in total. The first-order valence-corrected chi connectivity index (χ1v) is 44.8. The predicted octanol–water partition coefficient (Wildman–Crippen LogP) is 3.60. The van der Waals surface area contributed by atoms with Crippen molar-refractivity contribution in [2.24, 2.45) is 17.6 Å². The highest BCUT2D eigenvalue weighted by Crippen LogP contribution is 2.33. The summed E-state index contributed by atoms with van der Waals surface area (Å²) in [5.41, 5.74) is 8.38. The molecule has 11 atom stereocenters. The van der Waals surface area contributed by atoms with Crippen molar-refractivity contribution in [1.29, 1.82) is 0 Å². The number of nitrogens with one attached hydrogen (secondary N) is 9. The number of amides is 15. The highest BCUT2D eigenvalue weighted by Gasteiger charge is 2.44. The van der Waals surface area contributed by atoms with Crippen LogP contribution >= 0.6 is 34.7 Å². The molecule has 0 saturated carbocycles. The predicted molar refractivity (Wildman–Crippen MR) is 485 cm³/mol. The van der Waals surface area contributed by atoms with Crippen LogP contribution in [0.15, 0.2) is 157 Å². The Morgan fingerprint density at radius 2 is 1.09 bits per heavy atom. The number of primary amides is 1. The van der Waals surface area contributed by atoms with Crippen LogP contribution in [0.4, 0.5) is 5.69 Å².